The molecule has 2 heterocycles. The van der Waals surface area contributed by atoms with Crippen LogP contribution in [0.25, 0.3) is 0 Å². The summed E-state index contributed by atoms with van der Waals surface area (Å²) in [4.78, 5) is 19.9. The molecule has 1 aromatic rings. The van der Waals surface area contributed by atoms with E-state index in [0.29, 0.717) is 13.2 Å². The Morgan fingerprint density at radius 3 is 2.86 bits per heavy atom. The highest BCUT2D eigenvalue weighted by molar-refractivity contribution is 7.13. The van der Waals surface area contributed by atoms with Gasteiger partial charge in [-0.2, -0.15) is 0 Å². The fraction of sp³-hybridized carbons (Fsp3) is 0.733. The SMILES string of the molecule is COCCCNC(=O)c1sc(CN2CCCCC2)nc1C. The number of thiazole rings is 1. The molecule has 0 unspecified atom stereocenters. The Labute approximate surface area is 130 Å². The van der Waals surface area contributed by atoms with E-state index in [9.17, 15) is 4.79 Å². The van der Waals surface area contributed by atoms with E-state index in [2.05, 4.69) is 15.2 Å². The number of hydrogen-bond acceptors (Lipinski definition) is 5. The van der Waals surface area contributed by atoms with E-state index in [1.165, 1.54) is 30.6 Å². The summed E-state index contributed by atoms with van der Waals surface area (Å²) in [5.41, 5.74) is 0.844. The lowest BCUT2D eigenvalue weighted by Crippen LogP contribution is -2.29. The lowest BCUT2D eigenvalue weighted by molar-refractivity contribution is 0.0952. The molecule has 0 atom stereocenters. The molecule has 6 heteroatoms. The standard InChI is InChI=1S/C15H25N3O2S/c1-12-14(15(19)16-7-6-10-20-2)21-13(17-12)11-18-8-4-3-5-9-18/h3-11H2,1-2H3,(H,16,19). The van der Waals surface area contributed by atoms with E-state index >= 15 is 0 Å². The first kappa shape index (κ1) is 16.4. The van der Waals surface area contributed by atoms with Crippen LogP contribution >= 0.6 is 11.3 Å². The van der Waals surface area contributed by atoms with Crippen LogP contribution in [0.2, 0.25) is 0 Å². The van der Waals surface area contributed by atoms with Crippen molar-refractivity contribution in [2.45, 2.75) is 39.2 Å². The third-order valence-corrected chi connectivity index (χ3v) is 4.81. The minimum absolute atomic E-state index is 0.00834. The average Bonchev–Trinajstić information content (AvgIpc) is 2.85. The van der Waals surface area contributed by atoms with Crippen LogP contribution in [0, 0.1) is 6.92 Å². The van der Waals surface area contributed by atoms with Gasteiger partial charge < -0.3 is 10.1 Å². The number of nitrogens with one attached hydrogen (secondary N) is 1. The lowest BCUT2D eigenvalue weighted by Gasteiger charge is -2.25. The normalized spacial score (nSPS) is 16.1. The van der Waals surface area contributed by atoms with Crippen molar-refractivity contribution in [1.29, 1.82) is 0 Å². The van der Waals surface area contributed by atoms with Gasteiger partial charge in [0.1, 0.15) is 9.88 Å². The molecule has 1 aliphatic rings. The topological polar surface area (TPSA) is 54.5 Å². The summed E-state index contributed by atoms with van der Waals surface area (Å²) in [6.45, 7) is 6.41. The molecule has 5 nitrogen and oxygen atoms in total. The molecule has 118 valence electrons. The maximum atomic E-state index is 12.1. The number of methoxy groups -OCH3 is 1. The molecule has 1 N–H and O–H groups in total. The molecule has 2 rings (SSSR count). The minimum atomic E-state index is -0.00834. The number of carbonyl (C=O) groups is 1. The fourth-order valence-electron chi connectivity index (χ4n) is 2.54. The molecule has 0 saturated carbocycles. The first-order valence-corrected chi connectivity index (χ1v) is 8.48. The van der Waals surface area contributed by atoms with Crippen LogP contribution in [0.3, 0.4) is 0 Å². The van der Waals surface area contributed by atoms with Crippen LogP contribution in [-0.2, 0) is 11.3 Å². The number of amides is 1. The Balaban J connectivity index is 1.87. The molecule has 21 heavy (non-hydrogen) atoms. The zero-order valence-electron chi connectivity index (χ0n) is 13.0. The highest BCUT2D eigenvalue weighted by atomic mass is 32.1. The van der Waals surface area contributed by atoms with Crippen LogP contribution in [0.5, 0.6) is 0 Å². The van der Waals surface area contributed by atoms with Gasteiger partial charge in [-0.3, -0.25) is 9.69 Å². The molecule has 0 radical (unpaired) electrons. The molecule has 1 saturated heterocycles. The minimum Gasteiger partial charge on any atom is -0.385 e. The molecule has 1 aromatic heterocycles. The van der Waals surface area contributed by atoms with Crippen molar-refractivity contribution < 1.29 is 9.53 Å². The van der Waals surface area contributed by atoms with Crippen molar-refractivity contribution in [2.24, 2.45) is 0 Å². The van der Waals surface area contributed by atoms with Gasteiger partial charge in [0, 0.05) is 20.3 Å². The number of ether oxygens (including phenoxy) is 1. The number of nitrogens with zero attached hydrogens (tertiary/aromatic N) is 2. The maximum Gasteiger partial charge on any atom is 0.263 e. The van der Waals surface area contributed by atoms with Crippen molar-refractivity contribution in [3.8, 4) is 0 Å². The Morgan fingerprint density at radius 1 is 1.38 bits per heavy atom. The first-order valence-electron chi connectivity index (χ1n) is 7.66. The number of hydrogen-bond donors (Lipinski definition) is 1. The number of rotatable bonds is 7. The van der Waals surface area contributed by atoms with Crippen molar-refractivity contribution >= 4 is 17.2 Å². The summed E-state index contributed by atoms with van der Waals surface area (Å²) >= 11 is 1.53. The van der Waals surface area contributed by atoms with Gasteiger partial charge in [0.05, 0.1) is 12.2 Å². The van der Waals surface area contributed by atoms with Crippen molar-refractivity contribution in [3.63, 3.8) is 0 Å². The van der Waals surface area contributed by atoms with Gasteiger partial charge in [-0.15, -0.1) is 11.3 Å². The Morgan fingerprint density at radius 2 is 2.14 bits per heavy atom. The maximum absolute atomic E-state index is 12.1. The Bertz CT molecular complexity index is 456. The van der Waals surface area contributed by atoms with Crippen LogP contribution in [0.4, 0.5) is 0 Å². The number of aryl methyl sites for hydroxylation is 1. The highest BCUT2D eigenvalue weighted by Crippen LogP contribution is 2.21. The summed E-state index contributed by atoms with van der Waals surface area (Å²) in [5, 5.41) is 3.98. The van der Waals surface area contributed by atoms with Gasteiger partial charge in [0.15, 0.2) is 0 Å². The van der Waals surface area contributed by atoms with E-state index in [4.69, 9.17) is 4.74 Å². The molecule has 0 aromatic carbocycles. The van der Waals surface area contributed by atoms with Gasteiger partial charge in [0.2, 0.25) is 0 Å². The Hall–Kier alpha value is -0.980. The van der Waals surface area contributed by atoms with E-state index in [0.717, 1.165) is 41.6 Å². The van der Waals surface area contributed by atoms with E-state index in [1.54, 1.807) is 7.11 Å². The molecule has 1 fully saturated rings. The molecule has 0 spiro atoms. The quantitative estimate of drug-likeness (QED) is 0.784. The molecule has 0 bridgehead atoms. The van der Waals surface area contributed by atoms with Crippen molar-refractivity contribution in [1.82, 2.24) is 15.2 Å². The predicted molar refractivity (Wildman–Crippen MR) is 84.8 cm³/mol. The van der Waals surface area contributed by atoms with E-state index in [1.807, 2.05) is 6.92 Å². The second kappa shape index (κ2) is 8.46. The molecule has 0 aliphatic carbocycles. The monoisotopic (exact) mass is 311 g/mol. The third-order valence-electron chi connectivity index (χ3n) is 3.67. The van der Waals surface area contributed by atoms with Gasteiger partial charge >= 0.3 is 0 Å². The summed E-state index contributed by atoms with van der Waals surface area (Å²) in [6.07, 6.45) is 4.72. The van der Waals surface area contributed by atoms with E-state index in [-0.39, 0.29) is 5.91 Å². The molecular weight excluding hydrogens is 286 g/mol. The number of carbonyl (C=O) groups excluding carboxylic acids is 1. The smallest absolute Gasteiger partial charge is 0.263 e. The number of likely N-dealkylation sites (tertiary alicyclic amines) is 1. The van der Waals surface area contributed by atoms with Crippen LogP contribution < -0.4 is 5.32 Å². The predicted octanol–water partition coefficient (Wildman–Crippen LogP) is 2.20. The van der Waals surface area contributed by atoms with Crippen LogP contribution in [0.15, 0.2) is 0 Å². The van der Waals surface area contributed by atoms with Gasteiger partial charge in [0.25, 0.3) is 5.91 Å². The average molecular weight is 311 g/mol. The molecular formula is C15H25N3O2S. The summed E-state index contributed by atoms with van der Waals surface area (Å²) in [6, 6.07) is 0. The largest absolute Gasteiger partial charge is 0.385 e. The lowest BCUT2D eigenvalue weighted by atomic mass is 10.1. The zero-order valence-corrected chi connectivity index (χ0v) is 13.8. The zero-order chi connectivity index (χ0) is 15.1. The number of aromatic nitrogens is 1. The highest BCUT2D eigenvalue weighted by Gasteiger charge is 2.17. The van der Waals surface area contributed by atoms with E-state index < -0.39 is 0 Å². The number of piperidine rings is 1. The van der Waals surface area contributed by atoms with Crippen LogP contribution in [0.1, 0.15) is 46.1 Å². The second-order valence-electron chi connectivity index (χ2n) is 5.46. The van der Waals surface area contributed by atoms with Gasteiger partial charge in [-0.1, -0.05) is 6.42 Å². The third kappa shape index (κ3) is 5.05. The van der Waals surface area contributed by atoms with Crippen molar-refractivity contribution in [3.05, 3.63) is 15.6 Å². The second-order valence-corrected chi connectivity index (χ2v) is 6.54. The van der Waals surface area contributed by atoms with Gasteiger partial charge in [-0.25, -0.2) is 4.98 Å². The summed E-state index contributed by atoms with van der Waals surface area (Å²) in [5.74, 6) is -0.00834. The molecule has 1 amide bonds. The summed E-state index contributed by atoms with van der Waals surface area (Å²) in [7, 11) is 1.67. The summed E-state index contributed by atoms with van der Waals surface area (Å²) < 4.78 is 4.98. The van der Waals surface area contributed by atoms with Gasteiger partial charge in [-0.05, 0) is 39.3 Å². The van der Waals surface area contributed by atoms with Crippen LogP contribution in [-0.4, -0.2) is 49.1 Å². The Kier molecular flexibility index (Phi) is 6.60. The van der Waals surface area contributed by atoms with Crippen molar-refractivity contribution in [2.75, 3.05) is 33.4 Å². The fourth-order valence-corrected chi connectivity index (χ4v) is 3.56. The first-order chi connectivity index (χ1) is 10.2. The molecule has 1 aliphatic heterocycles.